The van der Waals surface area contributed by atoms with E-state index in [2.05, 4.69) is 4.98 Å². The minimum atomic E-state index is 0.0349. The van der Waals surface area contributed by atoms with Crippen LogP contribution in [0.3, 0.4) is 0 Å². The van der Waals surface area contributed by atoms with Gasteiger partial charge in [-0.15, -0.1) is 11.3 Å². The van der Waals surface area contributed by atoms with Crippen LogP contribution in [0.4, 0.5) is 0 Å². The summed E-state index contributed by atoms with van der Waals surface area (Å²) in [5, 5.41) is 1.46. The largest absolute Gasteiger partial charge is 0.486 e. The van der Waals surface area contributed by atoms with Gasteiger partial charge in [-0.2, -0.15) is 0 Å². The van der Waals surface area contributed by atoms with E-state index in [1.165, 1.54) is 11.3 Å². The molecule has 24 heavy (non-hydrogen) atoms. The highest BCUT2D eigenvalue weighted by Crippen LogP contribution is 2.24. The number of hydrogen-bond acceptors (Lipinski definition) is 4. The third-order valence-electron chi connectivity index (χ3n) is 3.56. The van der Waals surface area contributed by atoms with Crippen LogP contribution in [-0.4, -0.2) is 27.9 Å². The number of aryl methyl sites for hydroxylation is 1. The van der Waals surface area contributed by atoms with Crippen LogP contribution < -0.4 is 4.74 Å². The molecule has 1 heterocycles. The van der Waals surface area contributed by atoms with Gasteiger partial charge in [-0.1, -0.05) is 11.6 Å². The summed E-state index contributed by atoms with van der Waals surface area (Å²) in [7, 11) is 0. The summed E-state index contributed by atoms with van der Waals surface area (Å²) >= 11 is 7.26. The van der Waals surface area contributed by atoms with Gasteiger partial charge < -0.3 is 9.64 Å². The van der Waals surface area contributed by atoms with Gasteiger partial charge in [-0.25, -0.2) is 4.98 Å². The molecule has 2 aromatic rings. The zero-order chi connectivity index (χ0) is 17.9. The summed E-state index contributed by atoms with van der Waals surface area (Å²) in [5.74, 6) is 0.763. The van der Waals surface area contributed by atoms with Gasteiger partial charge in [-0.3, -0.25) is 4.79 Å². The number of nitrogens with zero attached hydrogens (tertiary/aromatic N) is 2. The molecule has 6 heteroatoms. The molecular formula is C18H23ClN2O2S. The number of halogens is 1. The van der Waals surface area contributed by atoms with Gasteiger partial charge in [0, 0.05) is 17.1 Å². The zero-order valence-corrected chi connectivity index (χ0v) is 16.2. The predicted molar refractivity (Wildman–Crippen MR) is 99.1 cm³/mol. The number of thiazole rings is 1. The summed E-state index contributed by atoms with van der Waals surface area (Å²) < 4.78 is 5.71. The number of aromatic nitrogens is 1. The molecular weight excluding hydrogens is 344 g/mol. The molecule has 0 unspecified atom stereocenters. The highest BCUT2D eigenvalue weighted by molar-refractivity contribution is 7.13. The number of carbonyl (C=O) groups is 1. The fourth-order valence-corrected chi connectivity index (χ4v) is 3.62. The summed E-state index contributed by atoms with van der Waals surface area (Å²) in [6, 6.07) is 7.48. The molecule has 1 amide bonds. The molecule has 1 aromatic carbocycles. The van der Waals surface area contributed by atoms with Gasteiger partial charge in [0.25, 0.3) is 5.91 Å². The molecule has 0 radical (unpaired) electrons. The van der Waals surface area contributed by atoms with E-state index in [1.54, 1.807) is 12.1 Å². The number of carbonyl (C=O) groups excluding carboxylic acids is 1. The van der Waals surface area contributed by atoms with Crippen LogP contribution in [0, 0.1) is 6.92 Å². The molecule has 0 bridgehead atoms. The lowest BCUT2D eigenvalue weighted by Gasteiger charge is -2.30. The Bertz CT molecular complexity index is 688. The molecule has 130 valence electrons. The lowest BCUT2D eigenvalue weighted by atomic mass is 10.2. The summed E-state index contributed by atoms with van der Waals surface area (Å²) in [4.78, 5) is 19.9. The SMILES string of the molecule is Cc1nc(COc2ccc(Cl)cc2)sc1C(=O)N(C(C)C)C(C)C. The molecule has 0 aliphatic heterocycles. The van der Waals surface area contributed by atoms with Crippen molar-refractivity contribution in [3.05, 3.63) is 44.9 Å². The molecule has 0 saturated heterocycles. The van der Waals surface area contributed by atoms with Crippen molar-refractivity contribution in [2.24, 2.45) is 0 Å². The van der Waals surface area contributed by atoms with Crippen molar-refractivity contribution in [2.45, 2.75) is 53.3 Å². The maximum Gasteiger partial charge on any atom is 0.266 e. The van der Waals surface area contributed by atoms with Gasteiger partial charge >= 0.3 is 0 Å². The Kier molecular flexibility index (Phi) is 6.24. The highest BCUT2D eigenvalue weighted by atomic mass is 35.5. The molecule has 0 aliphatic rings. The van der Waals surface area contributed by atoms with Crippen LogP contribution in [-0.2, 0) is 6.61 Å². The van der Waals surface area contributed by atoms with Crippen LogP contribution >= 0.6 is 22.9 Å². The van der Waals surface area contributed by atoms with Crippen molar-refractivity contribution in [3.8, 4) is 5.75 Å². The lowest BCUT2D eigenvalue weighted by molar-refractivity contribution is 0.0648. The molecule has 0 fully saturated rings. The van der Waals surface area contributed by atoms with Crippen LogP contribution in [0.2, 0.25) is 5.02 Å². The van der Waals surface area contributed by atoms with E-state index in [-0.39, 0.29) is 18.0 Å². The van der Waals surface area contributed by atoms with Gasteiger partial charge in [0.15, 0.2) is 0 Å². The zero-order valence-electron chi connectivity index (χ0n) is 14.7. The molecule has 2 rings (SSSR count). The van der Waals surface area contributed by atoms with E-state index < -0.39 is 0 Å². The fourth-order valence-electron chi connectivity index (χ4n) is 2.57. The topological polar surface area (TPSA) is 42.4 Å². The smallest absolute Gasteiger partial charge is 0.266 e. The summed E-state index contributed by atoms with van der Waals surface area (Å²) in [5.41, 5.74) is 0.756. The number of benzene rings is 1. The normalized spacial score (nSPS) is 11.2. The second-order valence-electron chi connectivity index (χ2n) is 6.16. The first-order valence-electron chi connectivity index (χ1n) is 7.97. The van der Waals surface area contributed by atoms with Crippen molar-refractivity contribution < 1.29 is 9.53 Å². The fraction of sp³-hybridized carbons (Fsp3) is 0.444. The van der Waals surface area contributed by atoms with Crippen molar-refractivity contribution >= 4 is 28.8 Å². The summed E-state index contributed by atoms with van der Waals surface area (Å²) in [6.07, 6.45) is 0. The van der Waals surface area contributed by atoms with E-state index in [0.29, 0.717) is 16.5 Å². The molecule has 0 spiro atoms. The summed E-state index contributed by atoms with van der Waals surface area (Å²) in [6.45, 7) is 10.3. The van der Waals surface area contributed by atoms with E-state index >= 15 is 0 Å². The Morgan fingerprint density at radius 2 is 1.79 bits per heavy atom. The monoisotopic (exact) mass is 366 g/mol. The second-order valence-corrected chi connectivity index (χ2v) is 7.68. The average Bonchev–Trinajstić information content (AvgIpc) is 2.87. The van der Waals surface area contributed by atoms with E-state index in [9.17, 15) is 4.79 Å². The first-order chi connectivity index (χ1) is 11.3. The third kappa shape index (κ3) is 4.48. The lowest BCUT2D eigenvalue weighted by Crippen LogP contribution is -2.41. The van der Waals surface area contributed by atoms with Crippen LogP contribution in [0.25, 0.3) is 0 Å². The van der Waals surface area contributed by atoms with Gasteiger partial charge in [0.1, 0.15) is 22.2 Å². The predicted octanol–water partition coefficient (Wildman–Crippen LogP) is 4.94. The van der Waals surface area contributed by atoms with E-state index in [4.69, 9.17) is 16.3 Å². The van der Waals surface area contributed by atoms with Crippen LogP contribution in [0.5, 0.6) is 5.75 Å². The third-order valence-corrected chi connectivity index (χ3v) is 4.93. The molecule has 0 saturated carbocycles. The number of hydrogen-bond donors (Lipinski definition) is 0. The van der Waals surface area contributed by atoms with E-state index in [0.717, 1.165) is 16.5 Å². The van der Waals surface area contributed by atoms with Gasteiger partial charge in [0.05, 0.1) is 5.69 Å². The average molecular weight is 367 g/mol. The Morgan fingerprint density at radius 3 is 2.33 bits per heavy atom. The first-order valence-corrected chi connectivity index (χ1v) is 9.16. The van der Waals surface area contributed by atoms with Gasteiger partial charge in [-0.05, 0) is 58.9 Å². The Labute approximate surface area is 152 Å². The number of ether oxygens (including phenoxy) is 1. The molecule has 0 aliphatic carbocycles. The first kappa shape index (κ1) is 18.7. The molecule has 1 aromatic heterocycles. The maximum absolute atomic E-state index is 12.8. The van der Waals surface area contributed by atoms with Crippen molar-refractivity contribution in [2.75, 3.05) is 0 Å². The standard InChI is InChI=1S/C18H23ClN2O2S/c1-11(2)21(12(3)4)18(22)17-13(5)20-16(24-17)10-23-15-8-6-14(19)7-9-15/h6-9,11-12H,10H2,1-5H3. The van der Waals surface area contributed by atoms with Crippen molar-refractivity contribution in [1.82, 2.24) is 9.88 Å². The molecule has 0 N–H and O–H groups in total. The number of amides is 1. The highest BCUT2D eigenvalue weighted by Gasteiger charge is 2.25. The Hall–Kier alpha value is -1.59. The maximum atomic E-state index is 12.8. The Balaban J connectivity index is 2.11. The van der Waals surface area contributed by atoms with Crippen molar-refractivity contribution in [1.29, 1.82) is 0 Å². The van der Waals surface area contributed by atoms with Gasteiger partial charge in [0.2, 0.25) is 0 Å². The second kappa shape index (κ2) is 7.99. The van der Waals surface area contributed by atoms with Crippen molar-refractivity contribution in [3.63, 3.8) is 0 Å². The molecule has 4 nitrogen and oxygen atoms in total. The quantitative estimate of drug-likeness (QED) is 0.726. The Morgan fingerprint density at radius 1 is 1.21 bits per heavy atom. The van der Waals surface area contributed by atoms with Crippen LogP contribution in [0.15, 0.2) is 24.3 Å². The number of rotatable bonds is 6. The van der Waals surface area contributed by atoms with Crippen LogP contribution in [0.1, 0.15) is 48.1 Å². The van der Waals surface area contributed by atoms with E-state index in [1.807, 2.05) is 51.7 Å². The molecule has 0 atom stereocenters. The minimum Gasteiger partial charge on any atom is -0.486 e. The minimum absolute atomic E-state index is 0.0349.